The van der Waals surface area contributed by atoms with Crippen molar-refractivity contribution in [2.24, 2.45) is 7.05 Å². The molecule has 0 saturated heterocycles. The lowest BCUT2D eigenvalue weighted by Crippen LogP contribution is -1.99. The Hall–Kier alpha value is -1.77. The average Bonchev–Trinajstić information content (AvgIpc) is 2.42. The number of carboxylic acid groups (broad SMARTS) is 1. The van der Waals surface area contributed by atoms with Crippen molar-refractivity contribution in [3.63, 3.8) is 0 Å². The zero-order valence-corrected chi connectivity index (χ0v) is 9.74. The Morgan fingerprint density at radius 2 is 2.06 bits per heavy atom. The monoisotopic (exact) mass is 217 g/mol. The van der Waals surface area contributed by atoms with Crippen molar-refractivity contribution in [1.82, 2.24) is 4.57 Å². The molecule has 3 nitrogen and oxygen atoms in total. The Morgan fingerprint density at radius 3 is 2.69 bits per heavy atom. The zero-order valence-electron chi connectivity index (χ0n) is 9.74. The summed E-state index contributed by atoms with van der Waals surface area (Å²) in [5.74, 6) is -0.785. The molecule has 84 valence electrons. The van der Waals surface area contributed by atoms with Gasteiger partial charge in [-0.3, -0.25) is 4.79 Å². The smallest absolute Gasteiger partial charge is 0.307 e. The molecule has 2 aromatic rings. The maximum absolute atomic E-state index is 10.8. The Morgan fingerprint density at radius 1 is 1.38 bits per heavy atom. The number of carboxylic acids is 1. The number of hydrogen-bond donors (Lipinski definition) is 1. The molecule has 0 aliphatic heterocycles. The number of aryl methyl sites for hydroxylation is 3. The summed E-state index contributed by atoms with van der Waals surface area (Å²) in [4.78, 5) is 10.8. The van der Waals surface area contributed by atoms with Crippen molar-refractivity contribution in [2.75, 3.05) is 0 Å². The van der Waals surface area contributed by atoms with Crippen LogP contribution >= 0.6 is 0 Å². The van der Waals surface area contributed by atoms with Gasteiger partial charge in [-0.1, -0.05) is 6.07 Å². The quantitative estimate of drug-likeness (QED) is 0.839. The molecule has 0 aliphatic carbocycles. The fraction of sp³-hybridized carbons (Fsp3) is 0.308. The lowest BCUT2D eigenvalue weighted by Gasteiger charge is -2.03. The van der Waals surface area contributed by atoms with E-state index in [0.29, 0.717) is 0 Å². The van der Waals surface area contributed by atoms with Crippen molar-refractivity contribution in [2.45, 2.75) is 20.3 Å². The first-order valence-corrected chi connectivity index (χ1v) is 5.26. The first-order valence-electron chi connectivity index (χ1n) is 5.26. The Kier molecular flexibility index (Phi) is 2.46. The predicted molar refractivity (Wildman–Crippen MR) is 63.7 cm³/mol. The SMILES string of the molecule is Cc1cc(C)c2c(CC(=O)O)cn(C)c2c1. The number of rotatable bonds is 2. The maximum atomic E-state index is 10.8. The largest absolute Gasteiger partial charge is 0.481 e. The molecule has 0 fully saturated rings. The van der Waals surface area contributed by atoms with Crippen LogP contribution in [0, 0.1) is 13.8 Å². The summed E-state index contributed by atoms with van der Waals surface area (Å²) in [6.07, 6.45) is 1.99. The van der Waals surface area contributed by atoms with Gasteiger partial charge in [-0.15, -0.1) is 0 Å². The van der Waals surface area contributed by atoms with E-state index in [0.717, 1.165) is 22.0 Å². The topological polar surface area (TPSA) is 42.2 Å². The van der Waals surface area contributed by atoms with Crippen LogP contribution in [0.15, 0.2) is 18.3 Å². The van der Waals surface area contributed by atoms with E-state index in [1.165, 1.54) is 5.56 Å². The Labute approximate surface area is 94.3 Å². The number of aromatic nitrogens is 1. The first-order chi connectivity index (χ1) is 7.49. The second kappa shape index (κ2) is 3.67. The van der Waals surface area contributed by atoms with Gasteiger partial charge in [-0.05, 0) is 36.6 Å². The molecule has 0 saturated carbocycles. The highest BCUT2D eigenvalue weighted by Gasteiger charge is 2.12. The van der Waals surface area contributed by atoms with E-state index in [2.05, 4.69) is 19.1 Å². The molecule has 0 atom stereocenters. The van der Waals surface area contributed by atoms with Crippen molar-refractivity contribution in [3.8, 4) is 0 Å². The molecule has 0 amide bonds. The third kappa shape index (κ3) is 1.69. The van der Waals surface area contributed by atoms with Crippen LogP contribution in [0.3, 0.4) is 0 Å². The highest BCUT2D eigenvalue weighted by atomic mass is 16.4. The van der Waals surface area contributed by atoms with E-state index in [1.807, 2.05) is 24.7 Å². The summed E-state index contributed by atoms with van der Waals surface area (Å²) in [7, 11) is 1.95. The molecule has 0 aliphatic rings. The molecule has 0 unspecified atom stereocenters. The van der Waals surface area contributed by atoms with Crippen LogP contribution in [-0.4, -0.2) is 15.6 Å². The summed E-state index contributed by atoms with van der Waals surface area (Å²) < 4.78 is 1.99. The number of fused-ring (bicyclic) bond motifs is 1. The van der Waals surface area contributed by atoms with Gasteiger partial charge in [0.2, 0.25) is 0 Å². The summed E-state index contributed by atoms with van der Waals surface area (Å²) in [5, 5.41) is 9.95. The Bertz CT molecular complexity index is 567. The van der Waals surface area contributed by atoms with Crippen LogP contribution in [-0.2, 0) is 18.3 Å². The molecule has 0 spiro atoms. The van der Waals surface area contributed by atoms with Gasteiger partial charge in [-0.2, -0.15) is 0 Å². The van der Waals surface area contributed by atoms with Gasteiger partial charge in [0.05, 0.1) is 6.42 Å². The highest BCUT2D eigenvalue weighted by molar-refractivity contribution is 5.90. The van der Waals surface area contributed by atoms with E-state index >= 15 is 0 Å². The van der Waals surface area contributed by atoms with Crippen molar-refractivity contribution in [1.29, 1.82) is 0 Å². The van der Waals surface area contributed by atoms with E-state index in [1.54, 1.807) is 0 Å². The van der Waals surface area contributed by atoms with Gasteiger partial charge in [-0.25, -0.2) is 0 Å². The summed E-state index contributed by atoms with van der Waals surface area (Å²) in [6, 6.07) is 4.18. The summed E-state index contributed by atoms with van der Waals surface area (Å²) in [5.41, 5.74) is 4.34. The third-order valence-corrected chi connectivity index (χ3v) is 2.85. The molecule has 1 aromatic heterocycles. The lowest BCUT2D eigenvalue weighted by atomic mass is 10.0. The van der Waals surface area contributed by atoms with Crippen LogP contribution in [0.25, 0.3) is 10.9 Å². The fourth-order valence-electron chi connectivity index (χ4n) is 2.31. The minimum Gasteiger partial charge on any atom is -0.481 e. The number of benzene rings is 1. The van der Waals surface area contributed by atoms with E-state index in [4.69, 9.17) is 5.11 Å². The van der Waals surface area contributed by atoms with Crippen molar-refractivity contribution >= 4 is 16.9 Å². The molecule has 1 heterocycles. The molecule has 1 aromatic carbocycles. The molecule has 2 rings (SSSR count). The van der Waals surface area contributed by atoms with Crippen LogP contribution in [0.2, 0.25) is 0 Å². The third-order valence-electron chi connectivity index (χ3n) is 2.85. The van der Waals surface area contributed by atoms with Gasteiger partial charge >= 0.3 is 5.97 Å². The molecular formula is C13H15NO2. The zero-order chi connectivity index (χ0) is 11.9. The maximum Gasteiger partial charge on any atom is 0.307 e. The predicted octanol–water partition coefficient (Wildman–Crippen LogP) is 2.42. The van der Waals surface area contributed by atoms with Crippen LogP contribution < -0.4 is 0 Å². The average molecular weight is 217 g/mol. The molecule has 3 heteroatoms. The van der Waals surface area contributed by atoms with Gasteiger partial charge in [0, 0.05) is 24.1 Å². The van der Waals surface area contributed by atoms with Gasteiger partial charge in [0.15, 0.2) is 0 Å². The van der Waals surface area contributed by atoms with Crippen molar-refractivity contribution in [3.05, 3.63) is 35.0 Å². The second-order valence-electron chi connectivity index (χ2n) is 4.31. The molecule has 0 bridgehead atoms. The summed E-state index contributed by atoms with van der Waals surface area (Å²) in [6.45, 7) is 4.08. The van der Waals surface area contributed by atoms with Gasteiger partial charge in [0.25, 0.3) is 0 Å². The van der Waals surface area contributed by atoms with E-state index < -0.39 is 5.97 Å². The fourth-order valence-corrected chi connectivity index (χ4v) is 2.31. The van der Waals surface area contributed by atoms with Crippen LogP contribution in [0.4, 0.5) is 0 Å². The van der Waals surface area contributed by atoms with Crippen LogP contribution in [0.1, 0.15) is 16.7 Å². The van der Waals surface area contributed by atoms with Gasteiger partial charge in [0.1, 0.15) is 0 Å². The van der Waals surface area contributed by atoms with Gasteiger partial charge < -0.3 is 9.67 Å². The minimum absolute atomic E-state index is 0.0846. The molecule has 1 N–H and O–H groups in total. The second-order valence-corrected chi connectivity index (χ2v) is 4.31. The number of hydrogen-bond acceptors (Lipinski definition) is 1. The number of carbonyl (C=O) groups is 1. The normalized spacial score (nSPS) is 10.9. The molecule has 16 heavy (non-hydrogen) atoms. The summed E-state index contributed by atoms with van der Waals surface area (Å²) >= 11 is 0. The number of aliphatic carboxylic acids is 1. The van der Waals surface area contributed by atoms with Crippen molar-refractivity contribution < 1.29 is 9.90 Å². The standard InChI is InChI=1S/C13H15NO2/c1-8-4-9(2)13-10(6-12(15)16)7-14(3)11(13)5-8/h4-5,7H,6H2,1-3H3,(H,15,16). The Balaban J connectivity index is 2.73. The lowest BCUT2D eigenvalue weighted by molar-refractivity contribution is -0.136. The highest BCUT2D eigenvalue weighted by Crippen LogP contribution is 2.26. The van der Waals surface area contributed by atoms with Crippen LogP contribution in [0.5, 0.6) is 0 Å². The molecule has 0 radical (unpaired) electrons. The number of nitrogens with zero attached hydrogens (tertiary/aromatic N) is 1. The minimum atomic E-state index is -0.785. The van der Waals surface area contributed by atoms with E-state index in [-0.39, 0.29) is 6.42 Å². The molecular weight excluding hydrogens is 202 g/mol. The first kappa shape index (κ1) is 10.7. The van der Waals surface area contributed by atoms with E-state index in [9.17, 15) is 4.79 Å².